The van der Waals surface area contributed by atoms with Crippen molar-refractivity contribution in [3.63, 3.8) is 0 Å². The van der Waals surface area contributed by atoms with Crippen molar-refractivity contribution in [3.8, 4) is 11.1 Å². The molecule has 1 aromatic heterocycles. The molecule has 0 amide bonds. The van der Waals surface area contributed by atoms with Crippen LogP contribution in [0.3, 0.4) is 0 Å². The number of fused-ring (bicyclic) bond motifs is 5. The van der Waals surface area contributed by atoms with Crippen LogP contribution in [0.5, 0.6) is 0 Å². The van der Waals surface area contributed by atoms with E-state index in [-0.39, 0.29) is 24.7 Å². The van der Waals surface area contributed by atoms with Crippen molar-refractivity contribution in [2.75, 3.05) is 59.3 Å². The number of carbonyl (C=O) groups excluding carboxylic acids is 1. The molecule has 1 aromatic rings. The molecule has 0 spiro atoms. The second kappa shape index (κ2) is 13.3. The number of ether oxygens (including phenoxy) is 4. The number of aromatic nitrogens is 3. The lowest BCUT2D eigenvalue weighted by Gasteiger charge is -2.21. The van der Waals surface area contributed by atoms with Gasteiger partial charge in [-0.15, -0.1) is 0 Å². The van der Waals surface area contributed by atoms with E-state index in [1.54, 1.807) is 18.6 Å². The average molecular weight is 576 g/mol. The fourth-order valence-electron chi connectivity index (χ4n) is 5.18. The van der Waals surface area contributed by atoms with Gasteiger partial charge in [0, 0.05) is 35.6 Å². The van der Waals surface area contributed by atoms with Crippen LogP contribution >= 0.6 is 0 Å². The van der Waals surface area contributed by atoms with Crippen molar-refractivity contribution in [2.45, 2.75) is 19.4 Å². The number of hydrogen-bond donors (Lipinski definition) is 2. The SMILES string of the molecule is O=C1CC(O)=C2c3cc4c(cc5cncc3-5)C(=NCCOCCOCCOCCOCc3cn1c2ncco3)NCC4. The van der Waals surface area contributed by atoms with Gasteiger partial charge in [-0.2, -0.15) is 0 Å². The van der Waals surface area contributed by atoms with E-state index < -0.39 is 0 Å². The molecule has 5 aliphatic rings. The molecular weight excluding hydrogens is 542 g/mol. The van der Waals surface area contributed by atoms with E-state index >= 15 is 0 Å². The van der Waals surface area contributed by atoms with E-state index in [2.05, 4.69) is 27.4 Å². The van der Waals surface area contributed by atoms with Crippen LogP contribution in [0.2, 0.25) is 0 Å². The summed E-state index contributed by atoms with van der Waals surface area (Å²) >= 11 is 0. The zero-order chi connectivity index (χ0) is 28.7. The van der Waals surface area contributed by atoms with Crippen LogP contribution in [-0.4, -0.2) is 90.7 Å². The molecule has 12 nitrogen and oxygen atoms in total. The van der Waals surface area contributed by atoms with Gasteiger partial charge in [0.1, 0.15) is 30.2 Å². The molecule has 220 valence electrons. The maximum Gasteiger partial charge on any atom is 0.239 e. The molecule has 2 N–H and O–H groups in total. The minimum atomic E-state index is -0.337. The Hall–Kier alpha value is -4.10. The number of hydrogen-bond acceptors (Lipinski definition) is 11. The van der Waals surface area contributed by atoms with Crippen LogP contribution < -0.4 is 5.32 Å². The molecule has 12 heteroatoms. The van der Waals surface area contributed by atoms with Gasteiger partial charge in [-0.1, -0.05) is 0 Å². The lowest BCUT2D eigenvalue weighted by atomic mass is 9.94. The van der Waals surface area contributed by atoms with E-state index in [4.69, 9.17) is 28.4 Å². The van der Waals surface area contributed by atoms with Crippen molar-refractivity contribution in [1.29, 1.82) is 0 Å². The van der Waals surface area contributed by atoms with Gasteiger partial charge in [0.25, 0.3) is 0 Å². The monoisotopic (exact) mass is 575 g/mol. The molecule has 4 aliphatic heterocycles. The van der Waals surface area contributed by atoms with Crippen molar-refractivity contribution >= 4 is 17.3 Å². The summed E-state index contributed by atoms with van der Waals surface area (Å²) in [4.78, 5) is 26.9. The summed E-state index contributed by atoms with van der Waals surface area (Å²) in [5, 5.41) is 14.7. The van der Waals surface area contributed by atoms with Crippen molar-refractivity contribution in [2.24, 2.45) is 4.99 Å². The van der Waals surface area contributed by atoms with Gasteiger partial charge >= 0.3 is 0 Å². The highest BCUT2D eigenvalue weighted by molar-refractivity contribution is 6.03. The standard InChI is InChI=1S/C30H33N5O7/c36-26-15-27(37)35-18-22-19-41-12-11-40-10-9-39-8-7-38-5-3-33-29-23-14-21-16-31-17-25(21)24(13-20(23)1-2-32-29)28(26)30(35)34-4-6-42-22/h4,6,13-14,16-18,36H,1-3,5,7-12,15,19H2,(H,32,33). The Morgan fingerprint density at radius 1 is 0.905 bits per heavy atom. The Balaban J connectivity index is 1.47. The average Bonchev–Trinajstić information content (AvgIpc) is 3.36. The zero-order valence-electron chi connectivity index (χ0n) is 23.2. The van der Waals surface area contributed by atoms with Crippen molar-refractivity contribution < 1.29 is 33.3 Å². The molecule has 0 aromatic carbocycles. The predicted octanol–water partition coefficient (Wildman–Crippen LogP) is 2.93. The molecule has 0 saturated carbocycles. The van der Waals surface area contributed by atoms with Gasteiger partial charge in [-0.05, 0) is 29.7 Å². The summed E-state index contributed by atoms with van der Waals surface area (Å²) in [7, 11) is 0. The highest BCUT2D eigenvalue weighted by Gasteiger charge is 2.29. The maximum atomic E-state index is 13.2. The van der Waals surface area contributed by atoms with Crippen molar-refractivity contribution in [1.82, 2.24) is 19.9 Å². The summed E-state index contributed by atoms with van der Waals surface area (Å²) in [6.07, 6.45) is 8.57. The molecule has 0 radical (unpaired) electrons. The quantitative estimate of drug-likeness (QED) is 0.411. The van der Waals surface area contributed by atoms with E-state index in [0.717, 1.165) is 40.1 Å². The Labute approximate surface area is 242 Å². The van der Waals surface area contributed by atoms with E-state index in [1.807, 2.05) is 0 Å². The van der Waals surface area contributed by atoms with E-state index in [9.17, 15) is 9.90 Å². The highest BCUT2D eigenvalue weighted by atomic mass is 16.6. The normalized spacial score (nSPS) is 18.8. The topological polar surface area (TPSA) is 142 Å². The number of aliphatic hydroxyl groups excluding tert-OH is 1. The van der Waals surface area contributed by atoms with Crippen molar-refractivity contribution in [3.05, 3.63) is 77.2 Å². The lowest BCUT2D eigenvalue weighted by Crippen LogP contribution is -2.32. The smallest absolute Gasteiger partial charge is 0.239 e. The van der Waals surface area contributed by atoms with Gasteiger partial charge < -0.3 is 33.8 Å². The third-order valence-corrected chi connectivity index (χ3v) is 7.14. The molecule has 5 heterocycles. The third kappa shape index (κ3) is 6.21. The molecule has 0 fully saturated rings. The molecule has 42 heavy (non-hydrogen) atoms. The van der Waals surface area contributed by atoms with Gasteiger partial charge in [-0.3, -0.25) is 19.3 Å². The molecule has 0 atom stereocenters. The Morgan fingerprint density at radius 3 is 2.52 bits per heavy atom. The van der Waals surface area contributed by atoms with Crippen LogP contribution in [0.15, 0.2) is 58.4 Å². The lowest BCUT2D eigenvalue weighted by molar-refractivity contribution is -0.00530. The van der Waals surface area contributed by atoms with Crippen LogP contribution in [0.4, 0.5) is 0 Å². The number of aliphatic imine (C=N–C) groups is 1. The highest BCUT2D eigenvalue weighted by Crippen LogP contribution is 2.38. The maximum absolute atomic E-state index is 13.2. The molecule has 0 saturated heterocycles. The number of nitrogens with one attached hydrogen (secondary N) is 1. The predicted molar refractivity (Wildman–Crippen MR) is 152 cm³/mol. The van der Waals surface area contributed by atoms with Crippen LogP contribution in [0.25, 0.3) is 16.7 Å². The number of aliphatic hydroxyl groups is 1. The van der Waals surface area contributed by atoms with Crippen LogP contribution in [0.1, 0.15) is 39.5 Å². The molecule has 6 rings (SSSR count). The second-order valence-corrected chi connectivity index (χ2v) is 9.93. The van der Waals surface area contributed by atoms with Gasteiger partial charge in [0.15, 0.2) is 5.82 Å². The Bertz CT molecular complexity index is 1520. The summed E-state index contributed by atoms with van der Waals surface area (Å²) in [5.41, 5.74) is 4.91. The molecule has 1 aliphatic carbocycles. The van der Waals surface area contributed by atoms with Gasteiger partial charge in [-0.25, -0.2) is 4.98 Å². The second-order valence-electron chi connectivity index (χ2n) is 9.93. The van der Waals surface area contributed by atoms with Crippen LogP contribution in [0, 0.1) is 0 Å². The molecular formula is C30H33N5O7. The largest absolute Gasteiger partial charge is 0.511 e. The number of amidine groups is 1. The Morgan fingerprint density at radius 2 is 1.69 bits per heavy atom. The Kier molecular flexibility index (Phi) is 8.85. The first-order chi connectivity index (χ1) is 20.7. The number of nitrogens with zero attached hydrogens (tertiary/aromatic N) is 4. The summed E-state index contributed by atoms with van der Waals surface area (Å²) in [5.74, 6) is 1.09. The number of carbonyl (C=O) groups is 1. The summed E-state index contributed by atoms with van der Waals surface area (Å²) in [6.45, 7) is 4.33. The zero-order valence-corrected chi connectivity index (χ0v) is 23.2. The van der Waals surface area contributed by atoms with E-state index in [1.165, 1.54) is 17.0 Å². The first-order valence-electron chi connectivity index (χ1n) is 14.0. The van der Waals surface area contributed by atoms with Gasteiger partial charge in [0.2, 0.25) is 5.91 Å². The number of allylic oxidation sites excluding steroid dienone is 1. The third-order valence-electron chi connectivity index (χ3n) is 7.14. The number of rotatable bonds is 0. The van der Waals surface area contributed by atoms with E-state index in [0.29, 0.717) is 76.5 Å². The minimum Gasteiger partial charge on any atom is -0.511 e. The first-order valence-corrected chi connectivity index (χ1v) is 14.0. The van der Waals surface area contributed by atoms with Crippen LogP contribution in [-0.2, 0) is 32.0 Å². The summed E-state index contributed by atoms with van der Waals surface area (Å²) in [6, 6.07) is 4.12. The fourth-order valence-corrected chi connectivity index (χ4v) is 5.18. The first kappa shape index (κ1) is 28.0. The molecule has 0 unspecified atom stereocenters. The summed E-state index contributed by atoms with van der Waals surface area (Å²) < 4.78 is 29.7. The van der Waals surface area contributed by atoms with Gasteiger partial charge in [0.05, 0.1) is 77.2 Å². The minimum absolute atomic E-state index is 0.0546. The molecule has 8 bridgehead atoms. The fraction of sp³-hybridized carbons (Fsp3) is 0.400.